The maximum Gasteiger partial charge on any atom is 0.267 e. The monoisotopic (exact) mass is 434 g/mol. The summed E-state index contributed by atoms with van der Waals surface area (Å²) in [5, 5.41) is 4.17. The molecule has 2 aliphatic heterocycles. The van der Waals surface area contributed by atoms with Crippen molar-refractivity contribution in [3.63, 3.8) is 0 Å². The van der Waals surface area contributed by atoms with Gasteiger partial charge in [0.05, 0.1) is 17.2 Å². The molecular formula is C20H23FN4O4S. The number of carbonyl (C=O) groups is 1. The number of hydrogen-bond donors (Lipinski definition) is 0. The van der Waals surface area contributed by atoms with E-state index >= 15 is 0 Å². The molecule has 0 bridgehead atoms. The first-order valence-corrected chi connectivity index (χ1v) is 11.7. The Labute approximate surface area is 173 Å². The van der Waals surface area contributed by atoms with Crippen LogP contribution in [-0.2, 0) is 21.2 Å². The summed E-state index contributed by atoms with van der Waals surface area (Å²) in [6.45, 7) is 1.92. The third kappa shape index (κ3) is 4.44. The SMILES string of the molecule is O=C(Cn1nc(-c2ccccc2F)ccc1=O)N1CCN([C@@H]2CCS(=O)(=O)C2)CC1. The summed E-state index contributed by atoms with van der Waals surface area (Å²) in [5.41, 5.74) is 0.116. The summed E-state index contributed by atoms with van der Waals surface area (Å²) in [4.78, 5) is 28.6. The van der Waals surface area contributed by atoms with Crippen molar-refractivity contribution >= 4 is 15.7 Å². The highest BCUT2D eigenvalue weighted by molar-refractivity contribution is 7.91. The second-order valence-electron chi connectivity index (χ2n) is 7.67. The molecule has 0 aliphatic carbocycles. The van der Waals surface area contributed by atoms with Gasteiger partial charge in [0.1, 0.15) is 12.4 Å². The van der Waals surface area contributed by atoms with Gasteiger partial charge in [0.2, 0.25) is 5.91 Å². The Balaban J connectivity index is 1.41. The Morgan fingerprint density at radius 3 is 2.50 bits per heavy atom. The third-order valence-corrected chi connectivity index (χ3v) is 7.44. The number of halogens is 1. The molecule has 2 saturated heterocycles. The predicted molar refractivity (Wildman–Crippen MR) is 109 cm³/mol. The fourth-order valence-corrected chi connectivity index (χ4v) is 5.76. The molecule has 2 fully saturated rings. The molecule has 0 unspecified atom stereocenters. The van der Waals surface area contributed by atoms with E-state index in [0.717, 1.165) is 4.68 Å². The summed E-state index contributed by atoms with van der Waals surface area (Å²) in [6, 6.07) is 8.86. The van der Waals surface area contributed by atoms with Gasteiger partial charge in [-0.3, -0.25) is 14.5 Å². The molecule has 4 rings (SSSR count). The summed E-state index contributed by atoms with van der Waals surface area (Å²) in [7, 11) is -2.95. The molecule has 1 aromatic carbocycles. The molecule has 0 radical (unpaired) electrons. The van der Waals surface area contributed by atoms with Crippen molar-refractivity contribution in [2.75, 3.05) is 37.7 Å². The number of amides is 1. The lowest BCUT2D eigenvalue weighted by molar-refractivity contribution is -0.134. The highest BCUT2D eigenvalue weighted by Gasteiger charge is 2.34. The van der Waals surface area contributed by atoms with Crippen LogP contribution in [0.1, 0.15) is 6.42 Å². The molecule has 8 nitrogen and oxygen atoms in total. The maximum absolute atomic E-state index is 14.0. The van der Waals surface area contributed by atoms with Crippen LogP contribution in [-0.4, -0.2) is 77.6 Å². The predicted octanol–water partition coefficient (Wildman–Crippen LogP) is 0.381. The van der Waals surface area contributed by atoms with Crippen LogP contribution in [0.15, 0.2) is 41.2 Å². The molecule has 2 aliphatic rings. The van der Waals surface area contributed by atoms with Crippen LogP contribution in [0.25, 0.3) is 11.3 Å². The van der Waals surface area contributed by atoms with Gasteiger partial charge in [0.25, 0.3) is 5.56 Å². The Bertz CT molecular complexity index is 1110. The normalized spacial score (nSPS) is 21.6. The first kappa shape index (κ1) is 20.7. The quantitative estimate of drug-likeness (QED) is 0.691. The molecule has 30 heavy (non-hydrogen) atoms. The molecule has 2 aromatic rings. The number of aromatic nitrogens is 2. The van der Waals surface area contributed by atoms with Crippen LogP contribution >= 0.6 is 0 Å². The van der Waals surface area contributed by atoms with E-state index in [1.54, 1.807) is 23.1 Å². The lowest BCUT2D eigenvalue weighted by atomic mass is 10.1. The van der Waals surface area contributed by atoms with Crippen molar-refractivity contribution in [3.8, 4) is 11.3 Å². The van der Waals surface area contributed by atoms with Gasteiger partial charge in [-0.2, -0.15) is 5.10 Å². The highest BCUT2D eigenvalue weighted by atomic mass is 32.2. The van der Waals surface area contributed by atoms with Crippen LogP contribution in [0.2, 0.25) is 0 Å². The van der Waals surface area contributed by atoms with Gasteiger partial charge in [0, 0.05) is 43.9 Å². The molecular weight excluding hydrogens is 411 g/mol. The number of carbonyl (C=O) groups excluding carboxylic acids is 1. The summed E-state index contributed by atoms with van der Waals surface area (Å²) in [6.07, 6.45) is 0.637. The van der Waals surface area contributed by atoms with Gasteiger partial charge < -0.3 is 4.90 Å². The minimum atomic E-state index is -2.95. The number of rotatable bonds is 4. The second-order valence-corrected chi connectivity index (χ2v) is 9.90. The molecule has 0 spiro atoms. The van der Waals surface area contributed by atoms with Crippen LogP contribution < -0.4 is 5.56 Å². The van der Waals surface area contributed by atoms with Crippen molar-refractivity contribution in [1.82, 2.24) is 19.6 Å². The largest absolute Gasteiger partial charge is 0.339 e. The fourth-order valence-electron chi connectivity index (χ4n) is 4.00. The van der Waals surface area contributed by atoms with Gasteiger partial charge in [0.15, 0.2) is 9.84 Å². The average Bonchev–Trinajstić information content (AvgIpc) is 3.10. The fraction of sp³-hybridized carbons (Fsp3) is 0.450. The molecule has 10 heteroatoms. The van der Waals surface area contributed by atoms with Crippen molar-refractivity contribution in [2.45, 2.75) is 19.0 Å². The first-order chi connectivity index (χ1) is 14.3. The van der Waals surface area contributed by atoms with Gasteiger partial charge in [-0.25, -0.2) is 17.5 Å². The minimum absolute atomic E-state index is 0.0222. The number of sulfone groups is 1. The first-order valence-electron chi connectivity index (χ1n) is 9.88. The molecule has 0 saturated carbocycles. The Morgan fingerprint density at radius 1 is 1.10 bits per heavy atom. The van der Waals surface area contributed by atoms with E-state index in [4.69, 9.17) is 0 Å². The van der Waals surface area contributed by atoms with E-state index in [-0.39, 0.29) is 41.3 Å². The molecule has 3 heterocycles. The van der Waals surface area contributed by atoms with Gasteiger partial charge in [-0.05, 0) is 24.6 Å². The molecule has 0 N–H and O–H groups in total. The van der Waals surface area contributed by atoms with Crippen molar-refractivity contribution < 1.29 is 17.6 Å². The van der Waals surface area contributed by atoms with Crippen molar-refractivity contribution in [1.29, 1.82) is 0 Å². The standard InChI is InChI=1S/C20H23FN4O4S/c21-17-4-2-1-3-16(17)18-5-6-19(26)25(22-18)13-20(27)24-10-8-23(9-11-24)15-7-12-30(28,29)14-15/h1-6,15H,7-14H2/t15-/m1/s1. The van der Waals surface area contributed by atoms with E-state index in [1.165, 1.54) is 18.2 Å². The average molecular weight is 434 g/mol. The summed E-state index contributed by atoms with van der Waals surface area (Å²) < 4.78 is 38.5. The summed E-state index contributed by atoms with van der Waals surface area (Å²) in [5.74, 6) is -0.284. The zero-order chi connectivity index (χ0) is 21.3. The number of piperazine rings is 1. The van der Waals surface area contributed by atoms with Crippen LogP contribution in [0.5, 0.6) is 0 Å². The third-order valence-electron chi connectivity index (χ3n) is 5.69. The van der Waals surface area contributed by atoms with E-state index in [2.05, 4.69) is 10.00 Å². The topological polar surface area (TPSA) is 92.6 Å². The molecule has 1 aromatic heterocycles. The van der Waals surface area contributed by atoms with Gasteiger partial charge in [-0.1, -0.05) is 12.1 Å². The lowest BCUT2D eigenvalue weighted by Crippen LogP contribution is -2.53. The van der Waals surface area contributed by atoms with Gasteiger partial charge >= 0.3 is 0 Å². The summed E-state index contributed by atoms with van der Waals surface area (Å²) >= 11 is 0. The molecule has 160 valence electrons. The molecule has 1 atom stereocenters. The van der Waals surface area contributed by atoms with Crippen LogP contribution in [0.3, 0.4) is 0 Å². The Morgan fingerprint density at radius 2 is 1.83 bits per heavy atom. The Hall–Kier alpha value is -2.59. The van der Waals surface area contributed by atoms with Gasteiger partial charge in [-0.15, -0.1) is 0 Å². The van der Waals surface area contributed by atoms with Crippen molar-refractivity contribution in [3.05, 3.63) is 52.6 Å². The molecule has 1 amide bonds. The van der Waals surface area contributed by atoms with E-state index in [1.807, 2.05) is 0 Å². The number of benzene rings is 1. The van der Waals surface area contributed by atoms with E-state index in [9.17, 15) is 22.4 Å². The number of nitrogens with zero attached hydrogens (tertiary/aromatic N) is 4. The Kier molecular flexibility index (Phi) is 5.70. The van der Waals surface area contributed by atoms with Crippen LogP contribution in [0, 0.1) is 5.82 Å². The van der Waals surface area contributed by atoms with E-state index < -0.39 is 21.2 Å². The number of hydrogen-bond acceptors (Lipinski definition) is 6. The van der Waals surface area contributed by atoms with Crippen LogP contribution in [0.4, 0.5) is 4.39 Å². The zero-order valence-electron chi connectivity index (χ0n) is 16.4. The lowest BCUT2D eigenvalue weighted by Gasteiger charge is -2.37. The highest BCUT2D eigenvalue weighted by Crippen LogP contribution is 2.20. The maximum atomic E-state index is 14.0. The van der Waals surface area contributed by atoms with E-state index in [0.29, 0.717) is 32.6 Å². The smallest absolute Gasteiger partial charge is 0.267 e. The second kappa shape index (κ2) is 8.27. The minimum Gasteiger partial charge on any atom is -0.339 e. The van der Waals surface area contributed by atoms with Crippen molar-refractivity contribution in [2.24, 2.45) is 0 Å². The zero-order valence-corrected chi connectivity index (χ0v) is 17.2.